The first-order valence-electron chi connectivity index (χ1n) is 7.10. The SMILES string of the molecule is Cc1cccc(Cn2ncc3c2CCCCC3N)c1. The quantitative estimate of drug-likeness (QED) is 0.838. The van der Waals surface area contributed by atoms with Gasteiger partial charge in [0.05, 0.1) is 12.7 Å². The van der Waals surface area contributed by atoms with Crippen molar-refractivity contribution in [2.45, 2.75) is 45.2 Å². The number of nitrogens with two attached hydrogens (primary N) is 1. The van der Waals surface area contributed by atoms with Crippen LogP contribution in [0.5, 0.6) is 0 Å². The maximum atomic E-state index is 6.22. The lowest BCUT2D eigenvalue weighted by atomic mass is 10.1. The fourth-order valence-corrected chi connectivity index (χ4v) is 2.94. The Bertz CT molecular complexity index is 571. The largest absolute Gasteiger partial charge is 0.324 e. The van der Waals surface area contributed by atoms with Crippen molar-refractivity contribution in [3.8, 4) is 0 Å². The summed E-state index contributed by atoms with van der Waals surface area (Å²) in [5.74, 6) is 0. The second-order valence-corrected chi connectivity index (χ2v) is 5.55. The highest BCUT2D eigenvalue weighted by Crippen LogP contribution is 2.27. The molecular formula is C16H21N3. The Kier molecular flexibility index (Phi) is 3.38. The Morgan fingerprint density at radius 3 is 3.11 bits per heavy atom. The Morgan fingerprint density at radius 2 is 2.26 bits per heavy atom. The zero-order valence-electron chi connectivity index (χ0n) is 11.5. The summed E-state index contributed by atoms with van der Waals surface area (Å²) >= 11 is 0. The van der Waals surface area contributed by atoms with Gasteiger partial charge in [-0.2, -0.15) is 5.10 Å². The number of benzene rings is 1. The molecule has 0 fully saturated rings. The molecule has 0 saturated heterocycles. The smallest absolute Gasteiger partial charge is 0.0662 e. The first kappa shape index (κ1) is 12.4. The molecule has 1 atom stereocenters. The van der Waals surface area contributed by atoms with Crippen molar-refractivity contribution in [2.75, 3.05) is 0 Å². The number of hydrogen-bond acceptors (Lipinski definition) is 2. The molecule has 3 rings (SSSR count). The van der Waals surface area contributed by atoms with Gasteiger partial charge in [0.15, 0.2) is 0 Å². The molecule has 2 N–H and O–H groups in total. The van der Waals surface area contributed by atoms with Crippen LogP contribution >= 0.6 is 0 Å². The molecule has 0 spiro atoms. The highest BCUT2D eigenvalue weighted by molar-refractivity contribution is 5.26. The highest BCUT2D eigenvalue weighted by Gasteiger charge is 2.19. The van der Waals surface area contributed by atoms with Gasteiger partial charge >= 0.3 is 0 Å². The molecule has 1 aromatic heterocycles. The van der Waals surface area contributed by atoms with E-state index in [1.54, 1.807) is 0 Å². The van der Waals surface area contributed by atoms with Crippen LogP contribution in [0.25, 0.3) is 0 Å². The minimum Gasteiger partial charge on any atom is -0.324 e. The van der Waals surface area contributed by atoms with Crippen molar-refractivity contribution in [1.82, 2.24) is 9.78 Å². The molecule has 0 bridgehead atoms. The zero-order valence-corrected chi connectivity index (χ0v) is 11.5. The average Bonchev–Trinajstić information content (AvgIpc) is 2.68. The lowest BCUT2D eigenvalue weighted by molar-refractivity contribution is 0.601. The van der Waals surface area contributed by atoms with Crippen molar-refractivity contribution in [1.29, 1.82) is 0 Å². The van der Waals surface area contributed by atoms with E-state index in [1.165, 1.54) is 35.2 Å². The maximum absolute atomic E-state index is 6.22. The van der Waals surface area contributed by atoms with Gasteiger partial charge in [-0.1, -0.05) is 36.2 Å². The Balaban J connectivity index is 1.90. The van der Waals surface area contributed by atoms with Crippen molar-refractivity contribution < 1.29 is 0 Å². The zero-order chi connectivity index (χ0) is 13.2. The van der Waals surface area contributed by atoms with E-state index >= 15 is 0 Å². The fraction of sp³-hybridized carbons (Fsp3) is 0.438. The van der Waals surface area contributed by atoms with Crippen molar-refractivity contribution >= 4 is 0 Å². The molecule has 100 valence electrons. The van der Waals surface area contributed by atoms with E-state index in [2.05, 4.69) is 41.0 Å². The molecule has 1 aromatic carbocycles. The van der Waals surface area contributed by atoms with E-state index in [0.717, 1.165) is 19.4 Å². The van der Waals surface area contributed by atoms with Gasteiger partial charge in [-0.05, 0) is 31.7 Å². The lowest BCUT2D eigenvalue weighted by Gasteiger charge is -2.10. The summed E-state index contributed by atoms with van der Waals surface area (Å²) in [5, 5.41) is 4.55. The molecular weight excluding hydrogens is 234 g/mol. The van der Waals surface area contributed by atoms with Crippen molar-refractivity contribution in [3.05, 3.63) is 52.8 Å². The highest BCUT2D eigenvalue weighted by atomic mass is 15.3. The maximum Gasteiger partial charge on any atom is 0.0662 e. The van der Waals surface area contributed by atoms with Gasteiger partial charge in [0.25, 0.3) is 0 Å². The third kappa shape index (κ3) is 2.56. The minimum absolute atomic E-state index is 0.170. The van der Waals surface area contributed by atoms with Gasteiger partial charge in [-0.15, -0.1) is 0 Å². The van der Waals surface area contributed by atoms with Gasteiger partial charge in [-0.25, -0.2) is 0 Å². The summed E-state index contributed by atoms with van der Waals surface area (Å²) in [5.41, 5.74) is 11.4. The Morgan fingerprint density at radius 1 is 1.37 bits per heavy atom. The Labute approximate surface area is 114 Å². The van der Waals surface area contributed by atoms with E-state index in [9.17, 15) is 0 Å². The topological polar surface area (TPSA) is 43.8 Å². The van der Waals surface area contributed by atoms with E-state index in [1.807, 2.05) is 6.20 Å². The number of fused-ring (bicyclic) bond motifs is 1. The van der Waals surface area contributed by atoms with Crippen LogP contribution in [0.3, 0.4) is 0 Å². The van der Waals surface area contributed by atoms with Crippen LogP contribution in [-0.2, 0) is 13.0 Å². The molecule has 1 aliphatic carbocycles. The van der Waals surface area contributed by atoms with Gasteiger partial charge in [0.2, 0.25) is 0 Å². The number of rotatable bonds is 2. The predicted molar refractivity (Wildman–Crippen MR) is 77.0 cm³/mol. The third-order valence-electron chi connectivity index (χ3n) is 3.97. The van der Waals surface area contributed by atoms with Crippen molar-refractivity contribution in [2.24, 2.45) is 5.73 Å². The second-order valence-electron chi connectivity index (χ2n) is 5.55. The molecule has 2 aromatic rings. The fourth-order valence-electron chi connectivity index (χ4n) is 2.94. The summed E-state index contributed by atoms with van der Waals surface area (Å²) in [6, 6.07) is 8.80. The molecule has 3 heteroatoms. The van der Waals surface area contributed by atoms with E-state index in [0.29, 0.717) is 0 Å². The molecule has 0 saturated carbocycles. The lowest BCUT2D eigenvalue weighted by Crippen LogP contribution is -2.11. The Hall–Kier alpha value is -1.61. The van der Waals surface area contributed by atoms with Gasteiger partial charge in [0, 0.05) is 17.3 Å². The summed E-state index contributed by atoms with van der Waals surface area (Å²) in [6.45, 7) is 2.98. The molecule has 1 aliphatic rings. The first-order valence-corrected chi connectivity index (χ1v) is 7.10. The monoisotopic (exact) mass is 255 g/mol. The summed E-state index contributed by atoms with van der Waals surface area (Å²) < 4.78 is 2.13. The number of nitrogens with zero attached hydrogens (tertiary/aromatic N) is 2. The van der Waals surface area contributed by atoms with Crippen LogP contribution < -0.4 is 5.73 Å². The summed E-state index contributed by atoms with van der Waals surface area (Å²) in [4.78, 5) is 0. The predicted octanol–water partition coefficient (Wildman–Crippen LogP) is 2.97. The van der Waals surface area contributed by atoms with Gasteiger partial charge in [0.1, 0.15) is 0 Å². The van der Waals surface area contributed by atoms with E-state index in [4.69, 9.17) is 5.73 Å². The number of hydrogen-bond donors (Lipinski definition) is 1. The summed E-state index contributed by atoms with van der Waals surface area (Å²) in [6.07, 6.45) is 6.61. The first-order chi connectivity index (χ1) is 9.24. The van der Waals surface area contributed by atoms with Gasteiger partial charge < -0.3 is 5.73 Å². The van der Waals surface area contributed by atoms with Crippen LogP contribution in [0.1, 0.15) is 47.7 Å². The second kappa shape index (κ2) is 5.17. The van der Waals surface area contributed by atoms with Crippen LogP contribution in [0.2, 0.25) is 0 Å². The van der Waals surface area contributed by atoms with Crippen LogP contribution in [-0.4, -0.2) is 9.78 Å². The molecule has 1 unspecified atom stereocenters. The number of aromatic nitrogens is 2. The molecule has 19 heavy (non-hydrogen) atoms. The van der Waals surface area contributed by atoms with Crippen LogP contribution in [0, 0.1) is 6.92 Å². The van der Waals surface area contributed by atoms with Crippen LogP contribution in [0.4, 0.5) is 0 Å². The molecule has 0 amide bonds. The van der Waals surface area contributed by atoms with Crippen molar-refractivity contribution in [3.63, 3.8) is 0 Å². The average molecular weight is 255 g/mol. The van der Waals surface area contributed by atoms with E-state index in [-0.39, 0.29) is 6.04 Å². The molecule has 3 nitrogen and oxygen atoms in total. The van der Waals surface area contributed by atoms with Gasteiger partial charge in [-0.3, -0.25) is 4.68 Å². The molecule has 0 aliphatic heterocycles. The normalized spacial score (nSPS) is 18.9. The standard InChI is InChI=1S/C16H21N3/c1-12-5-4-6-13(9-12)11-19-16-8-3-2-7-15(17)14(16)10-18-19/h4-6,9-10,15H,2-3,7-8,11,17H2,1H3. The van der Waals surface area contributed by atoms with E-state index < -0.39 is 0 Å². The number of aryl methyl sites for hydroxylation is 1. The minimum atomic E-state index is 0.170. The molecule has 1 heterocycles. The van der Waals surface area contributed by atoms with Crippen LogP contribution in [0.15, 0.2) is 30.5 Å². The third-order valence-corrected chi connectivity index (χ3v) is 3.97. The molecule has 0 radical (unpaired) electrons. The summed E-state index contributed by atoms with van der Waals surface area (Å²) in [7, 11) is 0.